The average molecular weight is 353 g/mol. The number of aromatic nitrogens is 1. The van der Waals surface area contributed by atoms with Gasteiger partial charge in [-0.25, -0.2) is 4.98 Å². The summed E-state index contributed by atoms with van der Waals surface area (Å²) in [5.41, 5.74) is 7.30. The molecule has 122 valence electrons. The number of nitrogens with one attached hydrogen (secondary N) is 1. The highest BCUT2D eigenvalue weighted by molar-refractivity contribution is 7.09. The van der Waals surface area contributed by atoms with Crippen LogP contribution in [0.15, 0.2) is 29.6 Å². The van der Waals surface area contributed by atoms with Crippen molar-refractivity contribution >= 4 is 46.9 Å². The minimum Gasteiger partial charge on any atom is -0.325 e. The summed E-state index contributed by atoms with van der Waals surface area (Å²) in [6, 6.07) is 7.28. The molecule has 0 saturated carbocycles. The van der Waals surface area contributed by atoms with E-state index in [0.29, 0.717) is 24.3 Å². The minimum absolute atomic E-state index is 0. The van der Waals surface area contributed by atoms with Gasteiger partial charge < -0.3 is 16.0 Å². The Bertz CT molecular complexity index is 719. The van der Waals surface area contributed by atoms with E-state index in [4.69, 9.17) is 5.73 Å². The van der Waals surface area contributed by atoms with Crippen LogP contribution in [0.3, 0.4) is 0 Å². The van der Waals surface area contributed by atoms with Gasteiger partial charge in [-0.3, -0.25) is 9.59 Å². The molecule has 1 aliphatic heterocycles. The number of amides is 2. The second-order valence-electron chi connectivity index (χ2n) is 4.98. The zero-order valence-electron chi connectivity index (χ0n) is 12.3. The molecule has 0 radical (unpaired) electrons. The van der Waals surface area contributed by atoms with Crippen LogP contribution in [-0.2, 0) is 11.3 Å². The highest BCUT2D eigenvalue weighted by Crippen LogP contribution is 2.24. The van der Waals surface area contributed by atoms with E-state index in [1.807, 2.05) is 12.1 Å². The van der Waals surface area contributed by atoms with Crippen LogP contribution in [0.1, 0.15) is 28.3 Å². The molecule has 3 N–H and O–H groups in total. The summed E-state index contributed by atoms with van der Waals surface area (Å²) < 4.78 is 0. The lowest BCUT2D eigenvalue weighted by Gasteiger charge is -2.16. The summed E-state index contributed by atoms with van der Waals surface area (Å²) >= 11 is 1.36. The van der Waals surface area contributed by atoms with E-state index in [1.165, 1.54) is 11.3 Å². The lowest BCUT2D eigenvalue weighted by molar-refractivity contribution is -0.117. The number of hydrogen-bond acceptors (Lipinski definition) is 5. The van der Waals surface area contributed by atoms with E-state index >= 15 is 0 Å². The van der Waals surface area contributed by atoms with Gasteiger partial charge in [-0.1, -0.05) is 6.07 Å². The predicted octanol–water partition coefficient (Wildman–Crippen LogP) is 2.40. The van der Waals surface area contributed by atoms with Crippen molar-refractivity contribution in [3.8, 4) is 0 Å². The lowest BCUT2D eigenvalue weighted by Crippen LogP contribution is -2.23. The molecule has 1 saturated heterocycles. The molecule has 1 aliphatic rings. The summed E-state index contributed by atoms with van der Waals surface area (Å²) in [4.78, 5) is 29.8. The van der Waals surface area contributed by atoms with Gasteiger partial charge in [0.2, 0.25) is 5.91 Å². The molecule has 23 heavy (non-hydrogen) atoms. The Morgan fingerprint density at radius 3 is 2.91 bits per heavy atom. The molecule has 2 aromatic rings. The Balaban J connectivity index is 0.00000192. The molecular formula is C15H17ClN4O2S. The van der Waals surface area contributed by atoms with Gasteiger partial charge in [0.25, 0.3) is 5.91 Å². The molecule has 6 nitrogen and oxygen atoms in total. The molecule has 3 rings (SSSR count). The summed E-state index contributed by atoms with van der Waals surface area (Å²) in [5.74, 6) is -0.156. The van der Waals surface area contributed by atoms with E-state index in [1.54, 1.807) is 22.4 Å². The maximum Gasteiger partial charge on any atom is 0.275 e. The van der Waals surface area contributed by atoms with Crippen molar-refractivity contribution in [1.82, 2.24) is 4.98 Å². The SMILES string of the molecule is Cl.NCc1nc(C(=O)Nc2cccc(N3CCCC3=O)c2)cs1. The van der Waals surface area contributed by atoms with Crippen molar-refractivity contribution in [2.75, 3.05) is 16.8 Å². The first-order valence-corrected chi connectivity index (χ1v) is 7.91. The van der Waals surface area contributed by atoms with Crippen molar-refractivity contribution in [3.63, 3.8) is 0 Å². The van der Waals surface area contributed by atoms with Crippen LogP contribution in [0.5, 0.6) is 0 Å². The van der Waals surface area contributed by atoms with Crippen molar-refractivity contribution < 1.29 is 9.59 Å². The Hall–Kier alpha value is -1.96. The van der Waals surface area contributed by atoms with Crippen LogP contribution in [0.4, 0.5) is 11.4 Å². The zero-order valence-corrected chi connectivity index (χ0v) is 14.0. The van der Waals surface area contributed by atoms with Crippen molar-refractivity contribution in [1.29, 1.82) is 0 Å². The molecule has 2 amide bonds. The Morgan fingerprint density at radius 2 is 2.26 bits per heavy atom. The predicted molar refractivity (Wildman–Crippen MR) is 93.2 cm³/mol. The first kappa shape index (κ1) is 17.4. The molecule has 0 bridgehead atoms. The second kappa shape index (κ2) is 7.54. The number of hydrogen-bond donors (Lipinski definition) is 2. The van der Waals surface area contributed by atoms with Crippen molar-refractivity contribution in [3.05, 3.63) is 40.3 Å². The van der Waals surface area contributed by atoms with E-state index in [2.05, 4.69) is 10.3 Å². The van der Waals surface area contributed by atoms with Gasteiger partial charge >= 0.3 is 0 Å². The Kier molecular flexibility index (Phi) is 5.70. The summed E-state index contributed by atoms with van der Waals surface area (Å²) in [5, 5.41) is 5.21. The third-order valence-corrected chi connectivity index (χ3v) is 4.32. The van der Waals surface area contributed by atoms with Crippen LogP contribution < -0.4 is 16.0 Å². The van der Waals surface area contributed by atoms with E-state index in [9.17, 15) is 9.59 Å². The Labute approximate surface area is 144 Å². The minimum atomic E-state index is -0.277. The molecule has 0 unspecified atom stereocenters. The van der Waals surface area contributed by atoms with E-state index < -0.39 is 0 Å². The molecule has 0 aliphatic carbocycles. The van der Waals surface area contributed by atoms with E-state index in [0.717, 1.165) is 23.7 Å². The molecule has 8 heteroatoms. The quantitative estimate of drug-likeness (QED) is 0.884. The van der Waals surface area contributed by atoms with Crippen molar-refractivity contribution in [2.45, 2.75) is 19.4 Å². The van der Waals surface area contributed by atoms with Crippen LogP contribution in [0.2, 0.25) is 0 Å². The maximum absolute atomic E-state index is 12.2. The zero-order chi connectivity index (χ0) is 15.5. The van der Waals surface area contributed by atoms with Crippen LogP contribution in [0, 0.1) is 0 Å². The molecule has 1 fully saturated rings. The number of nitrogens with two attached hydrogens (primary N) is 1. The number of halogens is 1. The van der Waals surface area contributed by atoms with Crippen LogP contribution in [0.25, 0.3) is 0 Å². The standard InChI is InChI=1S/C15H16N4O2S.ClH/c16-8-13-18-12(9-22-13)15(21)17-10-3-1-4-11(7-10)19-6-2-5-14(19)20;/h1,3-4,7,9H,2,5-6,8,16H2,(H,17,21);1H. The Morgan fingerprint density at radius 1 is 1.43 bits per heavy atom. The molecule has 0 atom stereocenters. The smallest absolute Gasteiger partial charge is 0.275 e. The number of anilines is 2. The first-order valence-electron chi connectivity index (χ1n) is 7.03. The summed E-state index contributed by atoms with van der Waals surface area (Å²) in [7, 11) is 0. The average Bonchev–Trinajstić information content (AvgIpc) is 3.16. The van der Waals surface area contributed by atoms with Crippen LogP contribution >= 0.6 is 23.7 Å². The third-order valence-electron chi connectivity index (χ3n) is 3.45. The number of nitrogens with zero attached hydrogens (tertiary/aromatic N) is 2. The fourth-order valence-corrected chi connectivity index (χ4v) is 3.03. The molecule has 0 spiro atoms. The summed E-state index contributed by atoms with van der Waals surface area (Å²) in [6.07, 6.45) is 1.45. The lowest BCUT2D eigenvalue weighted by atomic mass is 10.2. The van der Waals surface area contributed by atoms with E-state index in [-0.39, 0.29) is 24.2 Å². The second-order valence-corrected chi connectivity index (χ2v) is 5.93. The van der Waals surface area contributed by atoms with Gasteiger partial charge in [0.05, 0.1) is 0 Å². The number of carbonyl (C=O) groups is 2. The molecule has 1 aromatic heterocycles. The summed E-state index contributed by atoms with van der Waals surface area (Å²) in [6.45, 7) is 1.05. The van der Waals surface area contributed by atoms with Gasteiger partial charge in [-0.15, -0.1) is 23.7 Å². The normalized spacial score (nSPS) is 13.8. The first-order chi connectivity index (χ1) is 10.7. The van der Waals surface area contributed by atoms with Crippen molar-refractivity contribution in [2.24, 2.45) is 5.73 Å². The highest BCUT2D eigenvalue weighted by Gasteiger charge is 2.22. The number of benzene rings is 1. The monoisotopic (exact) mass is 352 g/mol. The fraction of sp³-hybridized carbons (Fsp3) is 0.267. The van der Waals surface area contributed by atoms with Gasteiger partial charge in [-0.05, 0) is 24.6 Å². The highest BCUT2D eigenvalue weighted by atomic mass is 35.5. The van der Waals surface area contributed by atoms with Gasteiger partial charge in [0.15, 0.2) is 0 Å². The third kappa shape index (κ3) is 3.87. The maximum atomic E-state index is 12.2. The fourth-order valence-electron chi connectivity index (χ4n) is 2.38. The largest absolute Gasteiger partial charge is 0.325 e. The van der Waals surface area contributed by atoms with Gasteiger partial charge in [-0.2, -0.15) is 0 Å². The topological polar surface area (TPSA) is 88.3 Å². The molecule has 1 aromatic carbocycles. The van der Waals surface area contributed by atoms with Gasteiger partial charge in [0, 0.05) is 36.3 Å². The number of thiazole rings is 1. The van der Waals surface area contributed by atoms with Crippen LogP contribution in [-0.4, -0.2) is 23.3 Å². The number of carbonyl (C=O) groups excluding carboxylic acids is 2. The molecule has 2 heterocycles. The molecular weight excluding hydrogens is 336 g/mol. The number of rotatable bonds is 4. The van der Waals surface area contributed by atoms with Gasteiger partial charge in [0.1, 0.15) is 10.7 Å².